The van der Waals surface area contributed by atoms with E-state index in [0.717, 1.165) is 44.8 Å². The Morgan fingerprint density at radius 1 is 1.32 bits per heavy atom. The molecule has 4 heteroatoms. The van der Waals surface area contributed by atoms with Gasteiger partial charge in [-0.15, -0.1) is 0 Å². The molecular formula is C18H29FN2O. The van der Waals surface area contributed by atoms with Crippen molar-refractivity contribution in [2.75, 3.05) is 40.4 Å². The van der Waals surface area contributed by atoms with Crippen LogP contribution in [-0.2, 0) is 11.3 Å². The number of hydrogen-bond donors (Lipinski definition) is 0. The zero-order valence-corrected chi connectivity index (χ0v) is 14.1. The van der Waals surface area contributed by atoms with Crippen LogP contribution in [0.3, 0.4) is 0 Å². The van der Waals surface area contributed by atoms with Gasteiger partial charge in [-0.25, -0.2) is 4.39 Å². The van der Waals surface area contributed by atoms with Gasteiger partial charge in [0.25, 0.3) is 0 Å². The van der Waals surface area contributed by atoms with E-state index < -0.39 is 0 Å². The molecule has 0 N–H and O–H groups in total. The van der Waals surface area contributed by atoms with Gasteiger partial charge >= 0.3 is 0 Å². The number of nitrogens with zero attached hydrogens (tertiary/aromatic N) is 2. The van der Waals surface area contributed by atoms with E-state index in [2.05, 4.69) is 16.8 Å². The van der Waals surface area contributed by atoms with Crippen molar-refractivity contribution in [1.82, 2.24) is 9.80 Å². The predicted octanol–water partition coefficient (Wildman–Crippen LogP) is 3.07. The number of ether oxygens (including phenoxy) is 1. The molecular weight excluding hydrogens is 279 g/mol. The van der Waals surface area contributed by atoms with Crippen LogP contribution < -0.4 is 0 Å². The molecule has 1 heterocycles. The molecule has 3 nitrogen and oxygen atoms in total. The number of piperidine rings is 1. The highest BCUT2D eigenvalue weighted by Gasteiger charge is 2.23. The molecule has 1 aliphatic rings. The molecule has 0 atom stereocenters. The van der Waals surface area contributed by atoms with Crippen LogP contribution in [0.1, 0.15) is 30.4 Å². The van der Waals surface area contributed by atoms with Gasteiger partial charge < -0.3 is 9.64 Å². The average molecular weight is 308 g/mol. The van der Waals surface area contributed by atoms with Gasteiger partial charge in [0.2, 0.25) is 0 Å². The number of aryl methyl sites for hydroxylation is 1. The van der Waals surface area contributed by atoms with Crippen LogP contribution in [0.5, 0.6) is 0 Å². The van der Waals surface area contributed by atoms with Gasteiger partial charge in [-0.3, -0.25) is 4.90 Å². The molecule has 22 heavy (non-hydrogen) atoms. The van der Waals surface area contributed by atoms with Crippen LogP contribution in [0.25, 0.3) is 0 Å². The Kier molecular flexibility index (Phi) is 6.80. The zero-order valence-electron chi connectivity index (χ0n) is 14.1. The van der Waals surface area contributed by atoms with Crippen LogP contribution >= 0.6 is 0 Å². The number of hydrogen-bond acceptors (Lipinski definition) is 3. The molecule has 0 unspecified atom stereocenters. The first kappa shape index (κ1) is 17.4. The second kappa shape index (κ2) is 8.61. The molecule has 0 bridgehead atoms. The lowest BCUT2D eigenvalue weighted by Crippen LogP contribution is -2.44. The van der Waals surface area contributed by atoms with E-state index in [-0.39, 0.29) is 5.82 Å². The summed E-state index contributed by atoms with van der Waals surface area (Å²) in [7, 11) is 3.94. The third kappa shape index (κ3) is 5.04. The van der Waals surface area contributed by atoms with Crippen molar-refractivity contribution in [3.63, 3.8) is 0 Å². The Labute approximate surface area is 134 Å². The molecule has 0 aromatic heterocycles. The molecule has 1 aromatic rings. The summed E-state index contributed by atoms with van der Waals surface area (Å²) in [5, 5.41) is 0. The first-order valence-corrected chi connectivity index (χ1v) is 8.26. The lowest BCUT2D eigenvalue weighted by atomic mass is 10.0. The van der Waals surface area contributed by atoms with E-state index in [1.54, 1.807) is 13.2 Å². The second-order valence-electron chi connectivity index (χ2n) is 6.43. The number of benzene rings is 1. The Bertz CT molecular complexity index is 458. The summed E-state index contributed by atoms with van der Waals surface area (Å²) >= 11 is 0. The number of rotatable bonds is 7. The minimum atomic E-state index is -0.117. The van der Waals surface area contributed by atoms with Gasteiger partial charge in [0.15, 0.2) is 0 Å². The molecule has 0 spiro atoms. The maximum atomic E-state index is 13.4. The smallest absolute Gasteiger partial charge is 0.126 e. The summed E-state index contributed by atoms with van der Waals surface area (Å²) < 4.78 is 18.6. The Morgan fingerprint density at radius 3 is 2.68 bits per heavy atom. The van der Waals surface area contributed by atoms with E-state index in [0.29, 0.717) is 6.04 Å². The molecule has 1 saturated heterocycles. The summed E-state index contributed by atoms with van der Waals surface area (Å²) in [6, 6.07) is 6.11. The van der Waals surface area contributed by atoms with Gasteiger partial charge in [0.1, 0.15) is 5.82 Å². The molecule has 0 saturated carbocycles. The monoisotopic (exact) mass is 308 g/mol. The lowest BCUT2D eigenvalue weighted by Gasteiger charge is -2.37. The highest BCUT2D eigenvalue weighted by atomic mass is 19.1. The Hall–Kier alpha value is -0.970. The van der Waals surface area contributed by atoms with E-state index in [4.69, 9.17) is 4.74 Å². The lowest BCUT2D eigenvalue weighted by molar-refractivity contribution is 0.0999. The fourth-order valence-corrected chi connectivity index (χ4v) is 3.20. The summed E-state index contributed by atoms with van der Waals surface area (Å²) in [6.45, 7) is 6.90. The number of likely N-dealkylation sites (tertiary alicyclic amines) is 1. The Balaban J connectivity index is 2.01. The van der Waals surface area contributed by atoms with Crippen molar-refractivity contribution < 1.29 is 9.13 Å². The minimum absolute atomic E-state index is 0.117. The van der Waals surface area contributed by atoms with Crippen molar-refractivity contribution in [2.45, 2.75) is 38.8 Å². The normalized spacial score (nSPS) is 17.3. The molecule has 124 valence electrons. The van der Waals surface area contributed by atoms with Gasteiger partial charge in [0, 0.05) is 32.8 Å². The van der Waals surface area contributed by atoms with Crippen LogP contribution in [-0.4, -0.2) is 56.2 Å². The third-order valence-electron chi connectivity index (χ3n) is 4.61. The summed E-state index contributed by atoms with van der Waals surface area (Å²) in [6.07, 6.45) is 3.47. The molecule has 0 amide bonds. The first-order valence-electron chi connectivity index (χ1n) is 8.26. The largest absolute Gasteiger partial charge is 0.385 e. The predicted molar refractivity (Wildman–Crippen MR) is 88.6 cm³/mol. The van der Waals surface area contributed by atoms with Crippen LogP contribution in [0.2, 0.25) is 0 Å². The van der Waals surface area contributed by atoms with E-state index in [9.17, 15) is 4.39 Å². The van der Waals surface area contributed by atoms with Crippen molar-refractivity contribution in [1.29, 1.82) is 0 Å². The number of methoxy groups -OCH3 is 1. The first-order chi connectivity index (χ1) is 10.6. The van der Waals surface area contributed by atoms with Gasteiger partial charge in [-0.1, -0.05) is 12.1 Å². The van der Waals surface area contributed by atoms with E-state index >= 15 is 0 Å². The summed E-state index contributed by atoms with van der Waals surface area (Å²) in [5.74, 6) is -0.117. The standard InChI is InChI=1S/C18H29FN2O/c1-15-13-16(5-6-18(15)19)14-21(9-4-12-22-3)17-7-10-20(2)11-8-17/h5-6,13,17H,4,7-12,14H2,1-3H3. The molecule has 1 aromatic carbocycles. The molecule has 1 aliphatic heterocycles. The van der Waals surface area contributed by atoms with Crippen molar-refractivity contribution >= 4 is 0 Å². The third-order valence-corrected chi connectivity index (χ3v) is 4.61. The summed E-state index contributed by atoms with van der Waals surface area (Å²) in [4.78, 5) is 4.95. The maximum absolute atomic E-state index is 13.4. The maximum Gasteiger partial charge on any atom is 0.126 e. The molecule has 2 rings (SSSR count). The zero-order chi connectivity index (χ0) is 15.9. The van der Waals surface area contributed by atoms with Crippen LogP contribution in [0.15, 0.2) is 18.2 Å². The highest BCUT2D eigenvalue weighted by Crippen LogP contribution is 2.20. The average Bonchev–Trinajstić information content (AvgIpc) is 2.51. The van der Waals surface area contributed by atoms with E-state index in [1.165, 1.54) is 18.4 Å². The minimum Gasteiger partial charge on any atom is -0.385 e. The number of halogens is 1. The van der Waals surface area contributed by atoms with Gasteiger partial charge in [-0.2, -0.15) is 0 Å². The fraction of sp³-hybridized carbons (Fsp3) is 0.667. The fourth-order valence-electron chi connectivity index (χ4n) is 3.20. The highest BCUT2D eigenvalue weighted by molar-refractivity contribution is 5.23. The van der Waals surface area contributed by atoms with Gasteiger partial charge in [0.05, 0.1) is 0 Å². The van der Waals surface area contributed by atoms with Crippen molar-refractivity contribution in [2.24, 2.45) is 0 Å². The van der Waals surface area contributed by atoms with Crippen molar-refractivity contribution in [3.8, 4) is 0 Å². The topological polar surface area (TPSA) is 15.7 Å². The van der Waals surface area contributed by atoms with Gasteiger partial charge in [-0.05, 0) is 63.5 Å². The molecule has 1 fully saturated rings. The van der Waals surface area contributed by atoms with Crippen LogP contribution in [0.4, 0.5) is 4.39 Å². The SMILES string of the molecule is COCCCN(Cc1ccc(F)c(C)c1)C1CCN(C)CC1. The summed E-state index contributed by atoms with van der Waals surface area (Å²) in [5.41, 5.74) is 1.94. The van der Waals surface area contributed by atoms with Crippen LogP contribution in [0, 0.1) is 12.7 Å². The molecule has 0 radical (unpaired) electrons. The second-order valence-corrected chi connectivity index (χ2v) is 6.43. The van der Waals surface area contributed by atoms with Crippen molar-refractivity contribution in [3.05, 3.63) is 35.1 Å². The molecule has 0 aliphatic carbocycles. The van der Waals surface area contributed by atoms with E-state index in [1.807, 2.05) is 19.1 Å². The quantitative estimate of drug-likeness (QED) is 0.720. The Morgan fingerprint density at radius 2 is 2.05 bits per heavy atom.